The van der Waals surface area contributed by atoms with Crippen LogP contribution in [0, 0.1) is 13.8 Å². The number of aromatic amines is 1. The van der Waals surface area contributed by atoms with Crippen LogP contribution in [0.25, 0.3) is 0 Å². The Labute approximate surface area is 152 Å². The quantitative estimate of drug-likeness (QED) is 0.815. The molecule has 1 atom stereocenters. The summed E-state index contributed by atoms with van der Waals surface area (Å²) in [6.07, 6.45) is 3.75. The Bertz CT molecular complexity index is 775. The maximum atomic E-state index is 12.5. The minimum Gasteiger partial charge on any atom is -0.361 e. The molecular formula is C18H25N5O3. The van der Waals surface area contributed by atoms with Gasteiger partial charge in [-0.05, 0) is 26.7 Å². The predicted molar refractivity (Wildman–Crippen MR) is 94.3 cm³/mol. The van der Waals surface area contributed by atoms with Crippen LogP contribution in [0.4, 0.5) is 0 Å². The number of carbonyl (C=O) groups excluding carboxylic acids is 2. The molecule has 2 aromatic heterocycles. The van der Waals surface area contributed by atoms with Crippen molar-refractivity contribution >= 4 is 11.8 Å². The normalized spacial score (nSPS) is 16.9. The summed E-state index contributed by atoms with van der Waals surface area (Å²) < 4.78 is 5.15. The molecule has 2 aromatic rings. The molecule has 2 amide bonds. The Balaban J connectivity index is 1.51. The molecule has 1 aliphatic rings. The van der Waals surface area contributed by atoms with Gasteiger partial charge in [0.25, 0.3) is 0 Å². The molecule has 0 bridgehead atoms. The first-order valence-electron chi connectivity index (χ1n) is 8.91. The van der Waals surface area contributed by atoms with Gasteiger partial charge >= 0.3 is 0 Å². The highest BCUT2D eigenvalue weighted by Crippen LogP contribution is 2.26. The number of hydrogen-bond acceptors (Lipinski definition) is 5. The van der Waals surface area contributed by atoms with E-state index in [9.17, 15) is 9.59 Å². The molecule has 1 fully saturated rings. The van der Waals surface area contributed by atoms with Crippen LogP contribution in [-0.4, -0.2) is 44.9 Å². The zero-order chi connectivity index (χ0) is 18.7. The molecule has 1 saturated heterocycles. The van der Waals surface area contributed by atoms with Gasteiger partial charge in [-0.25, -0.2) is 4.98 Å². The Kier molecular flexibility index (Phi) is 5.39. The first-order valence-corrected chi connectivity index (χ1v) is 8.91. The lowest BCUT2D eigenvalue weighted by molar-refractivity contribution is -0.130. The molecule has 1 unspecified atom stereocenters. The third kappa shape index (κ3) is 4.12. The zero-order valence-electron chi connectivity index (χ0n) is 15.5. The molecule has 0 saturated carbocycles. The van der Waals surface area contributed by atoms with Crippen molar-refractivity contribution < 1.29 is 14.1 Å². The second kappa shape index (κ2) is 7.72. The van der Waals surface area contributed by atoms with Crippen LogP contribution in [0.15, 0.2) is 10.7 Å². The number of nitrogens with one attached hydrogen (secondary N) is 2. The van der Waals surface area contributed by atoms with Gasteiger partial charge in [0.1, 0.15) is 11.6 Å². The number of likely N-dealkylation sites (tertiary alicyclic amines) is 1. The van der Waals surface area contributed by atoms with Crippen molar-refractivity contribution in [1.29, 1.82) is 0 Å². The zero-order valence-corrected chi connectivity index (χ0v) is 15.5. The summed E-state index contributed by atoms with van der Waals surface area (Å²) in [5.74, 6) is 1.96. The van der Waals surface area contributed by atoms with E-state index in [0.29, 0.717) is 25.9 Å². The minimum atomic E-state index is -0.0721. The Morgan fingerprint density at radius 2 is 2.23 bits per heavy atom. The lowest BCUT2D eigenvalue weighted by atomic mass is 10.1. The monoisotopic (exact) mass is 359 g/mol. The van der Waals surface area contributed by atoms with E-state index in [1.165, 1.54) is 6.92 Å². The van der Waals surface area contributed by atoms with E-state index in [0.717, 1.165) is 41.5 Å². The summed E-state index contributed by atoms with van der Waals surface area (Å²) in [4.78, 5) is 33.1. The smallest absolute Gasteiger partial charge is 0.222 e. The predicted octanol–water partition coefficient (Wildman–Crippen LogP) is 1.60. The second-order valence-electron chi connectivity index (χ2n) is 6.83. The van der Waals surface area contributed by atoms with Gasteiger partial charge in [-0.15, -0.1) is 0 Å². The Hall–Kier alpha value is -2.64. The fraction of sp³-hybridized carbons (Fsp3) is 0.556. The first-order chi connectivity index (χ1) is 12.4. The summed E-state index contributed by atoms with van der Waals surface area (Å²) in [5, 5.41) is 6.68. The van der Waals surface area contributed by atoms with Gasteiger partial charge in [0.2, 0.25) is 11.8 Å². The molecule has 140 valence electrons. The summed E-state index contributed by atoms with van der Waals surface area (Å²) in [7, 11) is 0. The van der Waals surface area contributed by atoms with E-state index >= 15 is 0 Å². The number of carbonyl (C=O) groups is 2. The topological polar surface area (TPSA) is 104 Å². The van der Waals surface area contributed by atoms with Crippen LogP contribution in [-0.2, 0) is 22.6 Å². The van der Waals surface area contributed by atoms with E-state index in [1.54, 1.807) is 6.20 Å². The standard InChI is InChI=1S/C18H25N5O3/c1-11-16(12(2)26-22-11)4-5-17(25)23-7-6-14(10-23)18-20-9-15(21-18)8-19-13(3)24/h9,14H,4-8,10H2,1-3H3,(H,19,24)(H,20,21). The first kappa shape index (κ1) is 18.2. The summed E-state index contributed by atoms with van der Waals surface area (Å²) in [6, 6.07) is 0. The van der Waals surface area contributed by atoms with E-state index in [-0.39, 0.29) is 17.7 Å². The average Bonchev–Trinajstić information content (AvgIpc) is 3.32. The number of nitrogens with zero attached hydrogens (tertiary/aromatic N) is 3. The lowest BCUT2D eigenvalue weighted by Crippen LogP contribution is -2.28. The number of H-pyrrole nitrogens is 1. The van der Waals surface area contributed by atoms with E-state index < -0.39 is 0 Å². The fourth-order valence-corrected chi connectivity index (χ4v) is 3.35. The SMILES string of the molecule is CC(=O)NCc1cnc(C2CCN(C(=O)CCc3c(C)noc3C)C2)[nH]1. The van der Waals surface area contributed by atoms with Gasteiger partial charge in [0.05, 0.1) is 24.1 Å². The van der Waals surface area contributed by atoms with E-state index in [2.05, 4.69) is 20.4 Å². The van der Waals surface area contributed by atoms with Crippen molar-refractivity contribution in [3.8, 4) is 0 Å². The van der Waals surface area contributed by atoms with Crippen molar-refractivity contribution in [2.75, 3.05) is 13.1 Å². The molecule has 0 aliphatic carbocycles. The summed E-state index contributed by atoms with van der Waals surface area (Å²) in [6.45, 7) is 7.12. The van der Waals surface area contributed by atoms with Crippen molar-refractivity contribution in [3.05, 3.63) is 34.7 Å². The van der Waals surface area contributed by atoms with Crippen LogP contribution < -0.4 is 5.32 Å². The van der Waals surface area contributed by atoms with Gasteiger partial charge in [-0.2, -0.15) is 0 Å². The number of aryl methyl sites for hydroxylation is 2. The molecular weight excluding hydrogens is 334 g/mol. The molecule has 26 heavy (non-hydrogen) atoms. The third-order valence-electron chi connectivity index (χ3n) is 4.87. The Morgan fingerprint density at radius 1 is 1.42 bits per heavy atom. The molecule has 0 radical (unpaired) electrons. The fourth-order valence-electron chi connectivity index (χ4n) is 3.35. The van der Waals surface area contributed by atoms with Crippen molar-refractivity contribution in [2.45, 2.75) is 52.5 Å². The van der Waals surface area contributed by atoms with Gasteiger partial charge < -0.3 is 19.7 Å². The van der Waals surface area contributed by atoms with E-state index in [4.69, 9.17) is 4.52 Å². The average molecular weight is 359 g/mol. The number of hydrogen-bond donors (Lipinski definition) is 2. The third-order valence-corrected chi connectivity index (χ3v) is 4.87. The van der Waals surface area contributed by atoms with E-state index in [1.807, 2.05) is 18.7 Å². The molecule has 0 aromatic carbocycles. The van der Waals surface area contributed by atoms with Gasteiger partial charge in [0, 0.05) is 37.9 Å². The maximum absolute atomic E-state index is 12.5. The van der Waals surface area contributed by atoms with Crippen molar-refractivity contribution in [1.82, 2.24) is 25.3 Å². The molecule has 3 heterocycles. The minimum absolute atomic E-state index is 0.0721. The molecule has 1 aliphatic heterocycles. The maximum Gasteiger partial charge on any atom is 0.222 e. The van der Waals surface area contributed by atoms with Crippen LogP contribution in [0.2, 0.25) is 0 Å². The molecule has 8 heteroatoms. The largest absolute Gasteiger partial charge is 0.361 e. The number of rotatable bonds is 6. The lowest BCUT2D eigenvalue weighted by Gasteiger charge is -2.16. The van der Waals surface area contributed by atoms with Crippen LogP contribution in [0.1, 0.15) is 54.2 Å². The van der Waals surface area contributed by atoms with Gasteiger partial charge in [-0.1, -0.05) is 5.16 Å². The molecule has 0 spiro atoms. The summed E-state index contributed by atoms with van der Waals surface area (Å²) in [5.41, 5.74) is 2.76. The van der Waals surface area contributed by atoms with Crippen molar-refractivity contribution in [3.63, 3.8) is 0 Å². The Morgan fingerprint density at radius 3 is 2.92 bits per heavy atom. The molecule has 3 rings (SSSR count). The number of imidazole rings is 1. The number of amides is 2. The van der Waals surface area contributed by atoms with Crippen LogP contribution in [0.5, 0.6) is 0 Å². The molecule has 2 N–H and O–H groups in total. The second-order valence-corrected chi connectivity index (χ2v) is 6.83. The summed E-state index contributed by atoms with van der Waals surface area (Å²) >= 11 is 0. The van der Waals surface area contributed by atoms with Gasteiger partial charge in [0.15, 0.2) is 0 Å². The van der Waals surface area contributed by atoms with Crippen LogP contribution >= 0.6 is 0 Å². The van der Waals surface area contributed by atoms with Crippen LogP contribution in [0.3, 0.4) is 0 Å². The van der Waals surface area contributed by atoms with Crippen molar-refractivity contribution in [2.24, 2.45) is 0 Å². The number of aromatic nitrogens is 3. The highest BCUT2D eigenvalue weighted by molar-refractivity contribution is 5.77. The highest BCUT2D eigenvalue weighted by atomic mass is 16.5. The highest BCUT2D eigenvalue weighted by Gasteiger charge is 2.29. The molecule has 8 nitrogen and oxygen atoms in total. The van der Waals surface area contributed by atoms with Gasteiger partial charge in [-0.3, -0.25) is 9.59 Å².